The molecule has 19 heavy (non-hydrogen) atoms. The van der Waals surface area contributed by atoms with Gasteiger partial charge in [0, 0.05) is 19.3 Å². The first-order valence-corrected chi connectivity index (χ1v) is 6.11. The number of hydrogen-bond acceptors (Lipinski definition) is 4. The molecule has 0 atom stereocenters. The van der Waals surface area contributed by atoms with Gasteiger partial charge in [0.1, 0.15) is 6.33 Å². The van der Waals surface area contributed by atoms with Crippen molar-refractivity contribution in [2.45, 2.75) is 13.1 Å². The van der Waals surface area contributed by atoms with E-state index in [1.54, 1.807) is 6.20 Å². The van der Waals surface area contributed by atoms with Crippen LogP contribution in [0.15, 0.2) is 48.9 Å². The Kier molecular flexibility index (Phi) is 5.01. The Morgan fingerprint density at radius 1 is 1.11 bits per heavy atom. The minimum atomic E-state index is -0.0297. The second-order valence-corrected chi connectivity index (χ2v) is 4.07. The fourth-order valence-corrected chi connectivity index (χ4v) is 1.59. The van der Waals surface area contributed by atoms with Crippen LogP contribution in [0, 0.1) is 0 Å². The minimum Gasteiger partial charge on any atom is -0.351 e. The van der Waals surface area contributed by atoms with Gasteiger partial charge in [-0.15, -0.1) is 0 Å². The highest BCUT2D eigenvalue weighted by atomic mass is 16.1. The number of hydrogen-bond donors (Lipinski definition) is 2. The summed E-state index contributed by atoms with van der Waals surface area (Å²) < 4.78 is 0. The van der Waals surface area contributed by atoms with Crippen LogP contribution in [0.2, 0.25) is 0 Å². The largest absolute Gasteiger partial charge is 0.351 e. The number of aromatic nitrogens is 2. The molecule has 0 radical (unpaired) electrons. The van der Waals surface area contributed by atoms with E-state index in [9.17, 15) is 4.79 Å². The summed E-state index contributed by atoms with van der Waals surface area (Å²) in [5, 5.41) is 5.89. The van der Waals surface area contributed by atoms with Gasteiger partial charge in [0.25, 0.3) is 0 Å². The Bertz CT molecular complexity index is 501. The van der Waals surface area contributed by atoms with Gasteiger partial charge in [-0.3, -0.25) is 4.79 Å². The number of carbonyl (C=O) groups is 1. The second-order valence-electron chi connectivity index (χ2n) is 4.07. The van der Waals surface area contributed by atoms with E-state index in [1.165, 1.54) is 6.33 Å². The summed E-state index contributed by atoms with van der Waals surface area (Å²) in [7, 11) is 0. The van der Waals surface area contributed by atoms with E-state index in [-0.39, 0.29) is 12.5 Å². The van der Waals surface area contributed by atoms with E-state index in [0.717, 1.165) is 11.3 Å². The van der Waals surface area contributed by atoms with Crippen LogP contribution < -0.4 is 10.6 Å². The molecule has 1 heterocycles. The molecule has 0 fully saturated rings. The van der Waals surface area contributed by atoms with Crippen molar-refractivity contribution >= 4 is 5.91 Å². The van der Waals surface area contributed by atoms with Gasteiger partial charge in [0.15, 0.2) is 0 Å². The smallest absolute Gasteiger partial charge is 0.234 e. The first kappa shape index (κ1) is 13.2. The lowest BCUT2D eigenvalue weighted by Crippen LogP contribution is -2.33. The van der Waals surface area contributed by atoms with Crippen molar-refractivity contribution in [3.8, 4) is 0 Å². The number of amides is 1. The van der Waals surface area contributed by atoms with Crippen molar-refractivity contribution in [2.75, 3.05) is 6.54 Å². The van der Waals surface area contributed by atoms with E-state index < -0.39 is 0 Å². The van der Waals surface area contributed by atoms with Gasteiger partial charge in [-0.2, -0.15) is 0 Å². The van der Waals surface area contributed by atoms with Crippen LogP contribution in [-0.4, -0.2) is 22.4 Å². The molecule has 1 aromatic carbocycles. The SMILES string of the molecule is O=C(CNCc1ccncn1)NCc1ccccc1. The summed E-state index contributed by atoms with van der Waals surface area (Å²) in [6.07, 6.45) is 3.17. The van der Waals surface area contributed by atoms with Crippen molar-refractivity contribution in [1.29, 1.82) is 0 Å². The van der Waals surface area contributed by atoms with Crippen LogP contribution in [0.25, 0.3) is 0 Å². The number of nitrogens with zero attached hydrogens (tertiary/aromatic N) is 2. The van der Waals surface area contributed by atoms with E-state index in [1.807, 2.05) is 36.4 Å². The predicted molar refractivity (Wildman–Crippen MR) is 72.0 cm³/mol. The quantitative estimate of drug-likeness (QED) is 0.805. The Labute approximate surface area is 112 Å². The van der Waals surface area contributed by atoms with Crippen LogP contribution in [0.5, 0.6) is 0 Å². The number of carbonyl (C=O) groups excluding carboxylic acids is 1. The molecule has 1 amide bonds. The third kappa shape index (κ3) is 4.85. The second kappa shape index (κ2) is 7.23. The third-order valence-electron chi connectivity index (χ3n) is 2.57. The standard InChI is InChI=1S/C14H16N4O/c19-14(17-8-12-4-2-1-3-5-12)10-16-9-13-6-7-15-11-18-13/h1-7,11,16H,8-10H2,(H,17,19). The van der Waals surface area contributed by atoms with Gasteiger partial charge in [0.05, 0.1) is 12.2 Å². The molecule has 2 aromatic rings. The van der Waals surface area contributed by atoms with Gasteiger partial charge >= 0.3 is 0 Å². The molecule has 0 aliphatic rings. The highest BCUT2D eigenvalue weighted by Gasteiger charge is 2.01. The summed E-state index contributed by atoms with van der Waals surface area (Å²) >= 11 is 0. The topological polar surface area (TPSA) is 66.9 Å². The summed E-state index contributed by atoms with van der Waals surface area (Å²) in [6.45, 7) is 1.38. The zero-order valence-electron chi connectivity index (χ0n) is 10.5. The fraction of sp³-hybridized carbons (Fsp3) is 0.214. The highest BCUT2D eigenvalue weighted by Crippen LogP contribution is 1.96. The molecular weight excluding hydrogens is 240 g/mol. The van der Waals surface area contributed by atoms with Gasteiger partial charge in [0.2, 0.25) is 5.91 Å². The number of nitrogens with one attached hydrogen (secondary N) is 2. The molecule has 0 saturated heterocycles. The molecule has 2 N–H and O–H groups in total. The van der Waals surface area contributed by atoms with Crippen molar-refractivity contribution in [2.24, 2.45) is 0 Å². The average Bonchev–Trinajstić information content (AvgIpc) is 2.47. The zero-order chi connectivity index (χ0) is 13.3. The minimum absolute atomic E-state index is 0.0297. The molecule has 5 nitrogen and oxygen atoms in total. The molecule has 5 heteroatoms. The average molecular weight is 256 g/mol. The van der Waals surface area contributed by atoms with Crippen molar-refractivity contribution in [1.82, 2.24) is 20.6 Å². The lowest BCUT2D eigenvalue weighted by atomic mass is 10.2. The molecule has 0 aliphatic heterocycles. The summed E-state index contributed by atoms with van der Waals surface area (Å²) in [5.74, 6) is -0.0297. The highest BCUT2D eigenvalue weighted by molar-refractivity contribution is 5.77. The van der Waals surface area contributed by atoms with E-state index in [0.29, 0.717) is 13.1 Å². The summed E-state index contributed by atoms with van der Waals surface area (Å²) in [6, 6.07) is 11.6. The first-order valence-electron chi connectivity index (χ1n) is 6.11. The molecule has 0 aliphatic carbocycles. The Balaban J connectivity index is 1.65. The van der Waals surface area contributed by atoms with Crippen LogP contribution in [0.1, 0.15) is 11.3 Å². The maximum atomic E-state index is 11.6. The molecule has 2 rings (SSSR count). The van der Waals surface area contributed by atoms with Gasteiger partial charge in [-0.05, 0) is 11.6 Å². The maximum Gasteiger partial charge on any atom is 0.234 e. The van der Waals surface area contributed by atoms with Gasteiger partial charge in [-0.25, -0.2) is 9.97 Å². The van der Waals surface area contributed by atoms with Crippen LogP contribution in [0.4, 0.5) is 0 Å². The normalized spacial score (nSPS) is 10.1. The lowest BCUT2D eigenvalue weighted by molar-refractivity contribution is -0.120. The van der Waals surface area contributed by atoms with E-state index >= 15 is 0 Å². The Hall–Kier alpha value is -2.27. The van der Waals surface area contributed by atoms with Crippen LogP contribution >= 0.6 is 0 Å². The maximum absolute atomic E-state index is 11.6. The predicted octanol–water partition coefficient (Wildman–Crippen LogP) is 0.883. The van der Waals surface area contributed by atoms with Crippen LogP contribution in [0.3, 0.4) is 0 Å². The molecule has 0 bridgehead atoms. The molecular formula is C14H16N4O. The lowest BCUT2D eigenvalue weighted by Gasteiger charge is -2.06. The fourth-order valence-electron chi connectivity index (χ4n) is 1.59. The number of benzene rings is 1. The van der Waals surface area contributed by atoms with Crippen molar-refractivity contribution in [3.05, 3.63) is 60.2 Å². The van der Waals surface area contributed by atoms with Crippen molar-refractivity contribution in [3.63, 3.8) is 0 Å². The van der Waals surface area contributed by atoms with E-state index in [2.05, 4.69) is 20.6 Å². The van der Waals surface area contributed by atoms with E-state index in [4.69, 9.17) is 0 Å². The summed E-state index contributed by atoms with van der Waals surface area (Å²) in [5.41, 5.74) is 1.96. The molecule has 0 saturated carbocycles. The molecule has 1 aromatic heterocycles. The Morgan fingerprint density at radius 3 is 2.68 bits per heavy atom. The molecule has 0 unspecified atom stereocenters. The van der Waals surface area contributed by atoms with Crippen molar-refractivity contribution < 1.29 is 4.79 Å². The third-order valence-corrected chi connectivity index (χ3v) is 2.57. The van der Waals surface area contributed by atoms with Crippen LogP contribution in [-0.2, 0) is 17.9 Å². The molecule has 0 spiro atoms. The number of rotatable bonds is 6. The first-order chi connectivity index (χ1) is 9.34. The monoisotopic (exact) mass is 256 g/mol. The summed E-state index contributed by atoms with van der Waals surface area (Å²) in [4.78, 5) is 19.5. The Morgan fingerprint density at radius 2 is 1.95 bits per heavy atom. The van der Waals surface area contributed by atoms with Gasteiger partial charge < -0.3 is 10.6 Å². The zero-order valence-corrected chi connectivity index (χ0v) is 10.5. The molecule has 98 valence electrons. The van der Waals surface area contributed by atoms with Gasteiger partial charge in [-0.1, -0.05) is 30.3 Å².